The van der Waals surface area contributed by atoms with E-state index in [2.05, 4.69) is 4.98 Å². The predicted octanol–water partition coefficient (Wildman–Crippen LogP) is 3.49. The van der Waals surface area contributed by atoms with Gasteiger partial charge in [0.25, 0.3) is 0 Å². The van der Waals surface area contributed by atoms with Gasteiger partial charge in [0, 0.05) is 5.92 Å². The van der Waals surface area contributed by atoms with E-state index in [1.165, 1.54) is 25.2 Å². The third-order valence-electron chi connectivity index (χ3n) is 2.13. The summed E-state index contributed by atoms with van der Waals surface area (Å²) in [5, 5.41) is 0.966. The van der Waals surface area contributed by atoms with Crippen LogP contribution in [0.3, 0.4) is 0 Å². The molecule has 1 fully saturated rings. The number of rotatable bonds is 1. The largest absolute Gasteiger partial charge is 0.224 e. The first-order chi connectivity index (χ1) is 5.75. The van der Waals surface area contributed by atoms with Gasteiger partial charge in [0.1, 0.15) is 10.3 Å². The monoisotopic (exact) mass is 200 g/mol. The molecular weight excluding hydrogens is 193 g/mol. The highest BCUT2D eigenvalue weighted by Gasteiger charge is 2.20. The Morgan fingerprint density at radius 2 is 1.67 bits per heavy atom. The topological polar surface area (TPSA) is 12.9 Å². The van der Waals surface area contributed by atoms with Gasteiger partial charge in [-0.3, -0.25) is 0 Å². The Hall–Kier alpha value is -0.270. The van der Waals surface area contributed by atoms with E-state index in [1.807, 2.05) is 12.1 Å². The van der Waals surface area contributed by atoms with Crippen molar-refractivity contribution in [2.75, 3.05) is 0 Å². The molecule has 1 aliphatic rings. The zero-order chi connectivity index (χ0) is 8.55. The van der Waals surface area contributed by atoms with Crippen LogP contribution in [0.4, 0.5) is 0 Å². The molecule has 1 nitrogen and oxygen atoms in total. The fourth-order valence-corrected chi connectivity index (χ4v) is 1.77. The second-order valence-corrected chi connectivity index (χ2v) is 3.73. The maximum absolute atomic E-state index is 5.77. The molecule has 0 aliphatic heterocycles. The van der Waals surface area contributed by atoms with Crippen molar-refractivity contribution in [2.24, 2.45) is 0 Å². The van der Waals surface area contributed by atoms with Crippen molar-refractivity contribution in [3.05, 3.63) is 33.9 Å². The summed E-state index contributed by atoms with van der Waals surface area (Å²) in [7, 11) is 0. The van der Waals surface area contributed by atoms with E-state index in [9.17, 15) is 0 Å². The standard InChI is InChI=1S/C9H8Cl2N/c10-8-4-7(5-9(11)12-8)6-2-1-3-6/h4-5H,1-3H2. The fourth-order valence-electron chi connectivity index (χ4n) is 1.31. The van der Waals surface area contributed by atoms with Gasteiger partial charge in [0.2, 0.25) is 0 Å². The summed E-state index contributed by atoms with van der Waals surface area (Å²) < 4.78 is 0. The number of nitrogens with zero attached hydrogens (tertiary/aromatic N) is 1. The van der Waals surface area contributed by atoms with Crippen LogP contribution in [0.25, 0.3) is 0 Å². The van der Waals surface area contributed by atoms with E-state index in [4.69, 9.17) is 23.2 Å². The van der Waals surface area contributed by atoms with Crippen LogP contribution in [0.15, 0.2) is 12.1 Å². The molecule has 1 saturated carbocycles. The molecule has 1 heterocycles. The Bertz CT molecular complexity index is 274. The second-order valence-electron chi connectivity index (χ2n) is 2.96. The zero-order valence-corrected chi connectivity index (χ0v) is 7.99. The van der Waals surface area contributed by atoms with Gasteiger partial charge >= 0.3 is 0 Å². The van der Waals surface area contributed by atoms with Gasteiger partial charge in [0.15, 0.2) is 0 Å². The molecule has 1 aliphatic carbocycles. The van der Waals surface area contributed by atoms with Crippen LogP contribution in [0.1, 0.15) is 24.8 Å². The van der Waals surface area contributed by atoms with Crippen LogP contribution in [0.2, 0.25) is 10.3 Å². The lowest BCUT2D eigenvalue weighted by Gasteiger charge is -2.24. The lowest BCUT2D eigenvalue weighted by Crippen LogP contribution is -2.09. The molecule has 0 amide bonds. The van der Waals surface area contributed by atoms with Crippen LogP contribution < -0.4 is 0 Å². The smallest absolute Gasteiger partial charge is 0.131 e. The number of hydrogen-bond donors (Lipinski definition) is 0. The molecule has 0 aromatic carbocycles. The van der Waals surface area contributed by atoms with Gasteiger partial charge in [-0.05, 0) is 30.5 Å². The molecule has 0 N–H and O–H groups in total. The summed E-state index contributed by atoms with van der Waals surface area (Å²) in [5.41, 5.74) is 1.16. The molecule has 2 rings (SSSR count). The number of aromatic nitrogens is 1. The Balaban J connectivity index is 2.30. The number of pyridine rings is 1. The molecule has 0 bridgehead atoms. The van der Waals surface area contributed by atoms with E-state index in [1.54, 1.807) is 0 Å². The predicted molar refractivity (Wildman–Crippen MR) is 50.5 cm³/mol. The normalized spacial score (nSPS) is 17.5. The Labute approximate surface area is 81.7 Å². The Morgan fingerprint density at radius 1 is 1.08 bits per heavy atom. The minimum atomic E-state index is 0.483. The Morgan fingerprint density at radius 3 is 2.08 bits per heavy atom. The van der Waals surface area contributed by atoms with Crippen LogP contribution in [0, 0.1) is 5.92 Å². The average Bonchev–Trinajstić information content (AvgIpc) is 1.79. The Kier molecular flexibility index (Phi) is 2.24. The van der Waals surface area contributed by atoms with Crippen LogP contribution in [-0.4, -0.2) is 4.98 Å². The third kappa shape index (κ3) is 1.57. The van der Waals surface area contributed by atoms with Crippen LogP contribution >= 0.6 is 23.2 Å². The van der Waals surface area contributed by atoms with Gasteiger partial charge in [-0.15, -0.1) is 0 Å². The van der Waals surface area contributed by atoms with Crippen molar-refractivity contribution < 1.29 is 0 Å². The molecule has 1 radical (unpaired) electrons. The van der Waals surface area contributed by atoms with Gasteiger partial charge in [-0.2, -0.15) is 0 Å². The first-order valence-electron chi connectivity index (χ1n) is 3.94. The summed E-state index contributed by atoms with van der Waals surface area (Å²) in [6.07, 6.45) is 3.64. The van der Waals surface area contributed by atoms with Crippen molar-refractivity contribution >= 4 is 23.2 Å². The summed E-state index contributed by atoms with van der Waals surface area (Å²) in [6, 6.07) is 3.75. The molecule has 1 aromatic rings. The molecule has 1 aromatic heterocycles. The van der Waals surface area contributed by atoms with Crippen molar-refractivity contribution in [1.29, 1.82) is 0 Å². The quantitative estimate of drug-likeness (QED) is 0.633. The molecule has 3 heteroatoms. The SMILES string of the molecule is Clc1cc([C]2CCC2)cc(Cl)n1. The van der Waals surface area contributed by atoms with Crippen LogP contribution in [-0.2, 0) is 0 Å². The summed E-state index contributed by atoms with van der Waals surface area (Å²) in [4.78, 5) is 3.89. The van der Waals surface area contributed by atoms with Crippen molar-refractivity contribution in [3.63, 3.8) is 0 Å². The molecule has 0 spiro atoms. The highest BCUT2D eigenvalue weighted by molar-refractivity contribution is 6.32. The van der Waals surface area contributed by atoms with E-state index in [0.29, 0.717) is 10.3 Å². The second kappa shape index (κ2) is 3.23. The molecule has 0 unspecified atom stereocenters. The number of hydrogen-bond acceptors (Lipinski definition) is 1. The molecule has 63 valence electrons. The minimum Gasteiger partial charge on any atom is -0.224 e. The van der Waals surface area contributed by atoms with Gasteiger partial charge in [0.05, 0.1) is 0 Å². The highest BCUT2D eigenvalue weighted by Crippen LogP contribution is 2.36. The zero-order valence-electron chi connectivity index (χ0n) is 6.48. The van der Waals surface area contributed by atoms with Gasteiger partial charge < -0.3 is 0 Å². The van der Waals surface area contributed by atoms with Crippen molar-refractivity contribution in [1.82, 2.24) is 4.98 Å². The minimum absolute atomic E-state index is 0.483. The van der Waals surface area contributed by atoms with Crippen LogP contribution in [0.5, 0.6) is 0 Å². The highest BCUT2D eigenvalue weighted by atomic mass is 35.5. The number of halogens is 2. The lowest BCUT2D eigenvalue weighted by molar-refractivity contribution is 0.577. The van der Waals surface area contributed by atoms with E-state index in [0.717, 1.165) is 5.56 Å². The molecule has 0 saturated heterocycles. The van der Waals surface area contributed by atoms with Crippen molar-refractivity contribution in [3.8, 4) is 0 Å². The first kappa shape index (κ1) is 8.33. The lowest BCUT2D eigenvalue weighted by atomic mass is 9.80. The van der Waals surface area contributed by atoms with Gasteiger partial charge in [-0.1, -0.05) is 29.6 Å². The third-order valence-corrected chi connectivity index (χ3v) is 2.52. The van der Waals surface area contributed by atoms with Crippen molar-refractivity contribution in [2.45, 2.75) is 19.3 Å². The van der Waals surface area contributed by atoms with E-state index in [-0.39, 0.29) is 0 Å². The summed E-state index contributed by atoms with van der Waals surface area (Å²) >= 11 is 11.5. The molecular formula is C9H8Cl2N. The molecule has 12 heavy (non-hydrogen) atoms. The van der Waals surface area contributed by atoms with E-state index < -0.39 is 0 Å². The summed E-state index contributed by atoms with van der Waals surface area (Å²) in [6.45, 7) is 0. The molecule has 0 atom stereocenters. The average molecular weight is 201 g/mol. The fraction of sp³-hybridized carbons (Fsp3) is 0.333. The van der Waals surface area contributed by atoms with Gasteiger partial charge in [-0.25, -0.2) is 4.98 Å². The maximum atomic E-state index is 5.77. The first-order valence-corrected chi connectivity index (χ1v) is 4.69. The van der Waals surface area contributed by atoms with E-state index >= 15 is 0 Å². The maximum Gasteiger partial charge on any atom is 0.131 e. The summed E-state index contributed by atoms with van der Waals surface area (Å²) in [5.74, 6) is 1.45.